The lowest BCUT2D eigenvalue weighted by atomic mass is 10.2. The van der Waals surface area contributed by atoms with Crippen LogP contribution >= 0.6 is 11.6 Å². The molecule has 1 heterocycles. The van der Waals surface area contributed by atoms with E-state index >= 15 is 0 Å². The molecule has 0 fully saturated rings. The van der Waals surface area contributed by atoms with Crippen LogP contribution in [-0.4, -0.2) is 14.9 Å². The summed E-state index contributed by atoms with van der Waals surface area (Å²) in [5.74, 6) is 0.137. The second-order valence-electron chi connectivity index (χ2n) is 3.13. The normalized spacial score (nSPS) is 10.5. The van der Waals surface area contributed by atoms with E-state index in [-0.39, 0.29) is 5.75 Å². The maximum atomic E-state index is 9.73. The largest absolute Gasteiger partial charge is 0.506 e. The van der Waals surface area contributed by atoms with Crippen molar-refractivity contribution in [3.05, 3.63) is 41.2 Å². The Morgan fingerprint density at radius 2 is 2.27 bits per heavy atom. The van der Waals surface area contributed by atoms with Gasteiger partial charge in [-0.15, -0.1) is 0 Å². The van der Waals surface area contributed by atoms with E-state index in [1.165, 1.54) is 10.9 Å². The molecule has 4 nitrogen and oxygen atoms in total. The van der Waals surface area contributed by atoms with Crippen molar-refractivity contribution in [2.75, 3.05) is 0 Å². The highest BCUT2D eigenvalue weighted by atomic mass is 35.5. The second-order valence-corrected chi connectivity index (χ2v) is 3.57. The highest BCUT2D eigenvalue weighted by Crippen LogP contribution is 2.23. The number of aromatic hydroxyl groups is 1. The first kappa shape index (κ1) is 10.0. The molecule has 0 unspecified atom stereocenters. The average molecular weight is 224 g/mol. The number of nitrogens with two attached hydrogens (primary N) is 1. The summed E-state index contributed by atoms with van der Waals surface area (Å²) in [5.41, 5.74) is 6.91. The van der Waals surface area contributed by atoms with Crippen molar-refractivity contribution in [1.82, 2.24) is 9.78 Å². The molecule has 78 valence electrons. The standard InChI is InChI=1S/C10H10ClN3O/c11-8-5-13-14(6-8)9-2-1-7(4-12)3-10(9)15/h1-3,5-6,15H,4,12H2. The van der Waals surface area contributed by atoms with Crippen LogP contribution in [0.5, 0.6) is 5.75 Å². The fraction of sp³-hybridized carbons (Fsp3) is 0.100. The van der Waals surface area contributed by atoms with E-state index in [4.69, 9.17) is 17.3 Å². The van der Waals surface area contributed by atoms with Gasteiger partial charge in [-0.3, -0.25) is 0 Å². The van der Waals surface area contributed by atoms with E-state index in [0.29, 0.717) is 17.3 Å². The molecule has 5 heteroatoms. The van der Waals surface area contributed by atoms with Crippen molar-refractivity contribution in [1.29, 1.82) is 0 Å². The topological polar surface area (TPSA) is 64.1 Å². The summed E-state index contributed by atoms with van der Waals surface area (Å²) in [6, 6.07) is 5.20. The first-order chi connectivity index (χ1) is 7.20. The number of phenolic OH excluding ortho intramolecular Hbond substituents is 1. The molecule has 15 heavy (non-hydrogen) atoms. The Labute approximate surface area is 91.9 Å². The van der Waals surface area contributed by atoms with Gasteiger partial charge in [0.2, 0.25) is 0 Å². The average Bonchev–Trinajstić information content (AvgIpc) is 2.64. The molecule has 1 aromatic carbocycles. The first-order valence-corrected chi connectivity index (χ1v) is 4.81. The Morgan fingerprint density at radius 1 is 1.47 bits per heavy atom. The van der Waals surface area contributed by atoms with E-state index < -0.39 is 0 Å². The van der Waals surface area contributed by atoms with Crippen molar-refractivity contribution in [3.8, 4) is 11.4 Å². The minimum absolute atomic E-state index is 0.137. The zero-order chi connectivity index (χ0) is 10.8. The molecule has 0 atom stereocenters. The van der Waals surface area contributed by atoms with Gasteiger partial charge in [0.15, 0.2) is 0 Å². The summed E-state index contributed by atoms with van der Waals surface area (Å²) < 4.78 is 1.51. The molecule has 3 N–H and O–H groups in total. The van der Waals surface area contributed by atoms with Gasteiger partial charge in [0.05, 0.1) is 11.2 Å². The van der Waals surface area contributed by atoms with Crippen LogP contribution in [0.1, 0.15) is 5.56 Å². The van der Waals surface area contributed by atoms with Crippen LogP contribution in [0.3, 0.4) is 0 Å². The van der Waals surface area contributed by atoms with E-state index in [0.717, 1.165) is 5.56 Å². The zero-order valence-corrected chi connectivity index (χ0v) is 8.65. The van der Waals surface area contributed by atoms with Crippen LogP contribution in [-0.2, 0) is 6.54 Å². The molecular weight excluding hydrogens is 214 g/mol. The monoisotopic (exact) mass is 223 g/mol. The highest BCUT2D eigenvalue weighted by Gasteiger charge is 2.05. The first-order valence-electron chi connectivity index (χ1n) is 4.43. The Kier molecular flexibility index (Phi) is 2.62. The van der Waals surface area contributed by atoms with Gasteiger partial charge in [-0.2, -0.15) is 5.10 Å². The second kappa shape index (κ2) is 3.92. The summed E-state index contributed by atoms with van der Waals surface area (Å²) in [7, 11) is 0. The van der Waals surface area contributed by atoms with Gasteiger partial charge in [-0.05, 0) is 17.7 Å². The highest BCUT2D eigenvalue weighted by molar-refractivity contribution is 6.30. The van der Waals surface area contributed by atoms with E-state index in [2.05, 4.69) is 5.10 Å². The van der Waals surface area contributed by atoms with Gasteiger partial charge >= 0.3 is 0 Å². The number of hydrogen-bond donors (Lipinski definition) is 2. The summed E-state index contributed by atoms with van der Waals surface area (Å²) >= 11 is 5.74. The lowest BCUT2D eigenvalue weighted by molar-refractivity contribution is 0.469. The number of phenols is 1. The molecule has 0 amide bonds. The smallest absolute Gasteiger partial charge is 0.141 e. The van der Waals surface area contributed by atoms with E-state index in [9.17, 15) is 5.11 Å². The minimum atomic E-state index is 0.137. The quantitative estimate of drug-likeness (QED) is 0.815. The molecule has 0 aliphatic carbocycles. The molecule has 0 bridgehead atoms. The Hall–Kier alpha value is -1.52. The van der Waals surface area contributed by atoms with Crippen LogP contribution in [0.4, 0.5) is 0 Å². The maximum absolute atomic E-state index is 9.73. The molecular formula is C10H10ClN3O. The van der Waals surface area contributed by atoms with Gasteiger partial charge in [-0.1, -0.05) is 17.7 Å². The molecule has 0 aliphatic rings. The third-order valence-corrected chi connectivity index (χ3v) is 2.27. The van der Waals surface area contributed by atoms with Gasteiger partial charge < -0.3 is 10.8 Å². The van der Waals surface area contributed by atoms with E-state index in [1.54, 1.807) is 18.3 Å². The molecule has 0 radical (unpaired) electrons. The minimum Gasteiger partial charge on any atom is -0.506 e. The van der Waals surface area contributed by atoms with Gasteiger partial charge in [0, 0.05) is 12.7 Å². The molecule has 1 aromatic heterocycles. The van der Waals surface area contributed by atoms with Crippen LogP contribution in [0, 0.1) is 0 Å². The van der Waals surface area contributed by atoms with Crippen LogP contribution in [0.15, 0.2) is 30.6 Å². The van der Waals surface area contributed by atoms with Crippen molar-refractivity contribution in [2.45, 2.75) is 6.54 Å². The molecule has 2 rings (SSSR count). The number of rotatable bonds is 2. The molecule has 0 spiro atoms. The number of aromatic nitrogens is 2. The van der Waals surface area contributed by atoms with Crippen LogP contribution in [0.2, 0.25) is 5.02 Å². The van der Waals surface area contributed by atoms with Crippen molar-refractivity contribution in [2.24, 2.45) is 5.73 Å². The molecule has 2 aromatic rings. The fourth-order valence-corrected chi connectivity index (χ4v) is 1.46. The molecule has 0 saturated carbocycles. The van der Waals surface area contributed by atoms with Crippen LogP contribution < -0.4 is 5.73 Å². The predicted octanol–water partition coefficient (Wildman–Crippen LogP) is 1.69. The Bertz CT molecular complexity index is 481. The summed E-state index contributed by atoms with van der Waals surface area (Å²) in [4.78, 5) is 0. The number of nitrogens with zero attached hydrogens (tertiary/aromatic N) is 2. The van der Waals surface area contributed by atoms with Crippen molar-refractivity contribution < 1.29 is 5.11 Å². The number of benzene rings is 1. The summed E-state index contributed by atoms with van der Waals surface area (Å²) in [5, 5.41) is 14.2. The summed E-state index contributed by atoms with van der Waals surface area (Å²) in [6.45, 7) is 0.397. The summed E-state index contributed by atoms with van der Waals surface area (Å²) in [6.07, 6.45) is 3.14. The SMILES string of the molecule is NCc1ccc(-n2cc(Cl)cn2)c(O)c1. The van der Waals surface area contributed by atoms with Gasteiger partial charge in [0.25, 0.3) is 0 Å². The van der Waals surface area contributed by atoms with E-state index in [1.807, 2.05) is 6.07 Å². The van der Waals surface area contributed by atoms with Crippen molar-refractivity contribution in [3.63, 3.8) is 0 Å². The number of hydrogen-bond acceptors (Lipinski definition) is 3. The fourth-order valence-electron chi connectivity index (χ4n) is 1.32. The predicted molar refractivity (Wildman–Crippen MR) is 58.1 cm³/mol. The van der Waals surface area contributed by atoms with Crippen molar-refractivity contribution >= 4 is 11.6 Å². The maximum Gasteiger partial charge on any atom is 0.141 e. The lowest BCUT2D eigenvalue weighted by Crippen LogP contribution is -1.99. The molecule has 0 aliphatic heterocycles. The van der Waals surface area contributed by atoms with Crippen LogP contribution in [0.25, 0.3) is 5.69 Å². The third-order valence-electron chi connectivity index (χ3n) is 2.07. The third kappa shape index (κ3) is 1.95. The Morgan fingerprint density at radius 3 is 2.80 bits per heavy atom. The molecule has 0 saturated heterocycles. The lowest BCUT2D eigenvalue weighted by Gasteiger charge is -2.05. The zero-order valence-electron chi connectivity index (χ0n) is 7.89. The van der Waals surface area contributed by atoms with Gasteiger partial charge in [0.1, 0.15) is 11.4 Å². The Balaban J connectivity index is 2.45. The van der Waals surface area contributed by atoms with Gasteiger partial charge in [-0.25, -0.2) is 4.68 Å². The number of halogens is 1.